The van der Waals surface area contributed by atoms with Crippen LogP contribution in [-0.2, 0) is 0 Å². The zero-order valence-electron chi connectivity index (χ0n) is 12.3. The zero-order valence-corrected chi connectivity index (χ0v) is 12.3. The molecule has 1 N–H and O–H groups in total. The van der Waals surface area contributed by atoms with Crippen LogP contribution in [0.3, 0.4) is 0 Å². The summed E-state index contributed by atoms with van der Waals surface area (Å²) in [6, 6.07) is 2.46. The van der Waals surface area contributed by atoms with Crippen molar-refractivity contribution in [2.45, 2.75) is 51.7 Å². The van der Waals surface area contributed by atoms with Crippen molar-refractivity contribution >= 4 is 6.09 Å². The third-order valence-corrected chi connectivity index (χ3v) is 3.04. The van der Waals surface area contributed by atoms with Gasteiger partial charge < -0.3 is 14.8 Å². The molecule has 0 bridgehead atoms. The lowest BCUT2D eigenvalue weighted by atomic mass is 9.96. The maximum absolute atomic E-state index is 13.9. The smallest absolute Gasteiger partial charge is 0.413 e. The van der Waals surface area contributed by atoms with E-state index in [1.165, 1.54) is 12.1 Å². The van der Waals surface area contributed by atoms with Crippen LogP contribution in [0.5, 0.6) is 11.5 Å². The molecule has 1 aliphatic carbocycles. The number of hydrogen-bond acceptors (Lipinski definition) is 3. The molecule has 1 amide bonds. The molecule has 0 aromatic heterocycles. The van der Waals surface area contributed by atoms with Gasteiger partial charge in [-0.3, -0.25) is 0 Å². The summed E-state index contributed by atoms with van der Waals surface area (Å²) in [6.45, 7) is 5.25. The lowest BCUT2D eigenvalue weighted by molar-refractivity contribution is 0.113. The summed E-state index contributed by atoms with van der Waals surface area (Å²) in [5.74, 6) is -2.98. The first kappa shape index (κ1) is 15.5. The second-order valence-corrected chi connectivity index (χ2v) is 6.13. The predicted molar refractivity (Wildman–Crippen MR) is 73.5 cm³/mol. The fourth-order valence-electron chi connectivity index (χ4n) is 1.78. The third-order valence-electron chi connectivity index (χ3n) is 3.04. The first-order chi connectivity index (χ1) is 9.76. The van der Waals surface area contributed by atoms with Crippen LogP contribution < -0.4 is 14.8 Å². The maximum atomic E-state index is 13.9. The summed E-state index contributed by atoms with van der Waals surface area (Å²) in [6.07, 6.45) is 1.81. The van der Waals surface area contributed by atoms with Crippen LogP contribution in [0.1, 0.15) is 40.0 Å². The van der Waals surface area contributed by atoms with Crippen molar-refractivity contribution in [3.8, 4) is 11.5 Å². The summed E-state index contributed by atoms with van der Waals surface area (Å²) in [4.78, 5) is 11.6. The molecule has 6 heteroatoms. The summed E-state index contributed by atoms with van der Waals surface area (Å²) in [7, 11) is 0. The molecule has 0 unspecified atom stereocenters. The molecule has 116 valence electrons. The summed E-state index contributed by atoms with van der Waals surface area (Å²) in [5, 5.41) is 2.50. The molecule has 0 saturated heterocycles. The lowest BCUT2D eigenvalue weighted by Gasteiger charge is -2.26. The second kappa shape index (κ2) is 5.87. The van der Waals surface area contributed by atoms with Gasteiger partial charge in [-0.1, -0.05) is 0 Å². The number of carbonyl (C=O) groups is 1. The molecule has 0 spiro atoms. The van der Waals surface area contributed by atoms with Crippen LogP contribution in [0.15, 0.2) is 12.1 Å². The van der Waals surface area contributed by atoms with Crippen LogP contribution >= 0.6 is 0 Å². The van der Waals surface area contributed by atoms with E-state index in [0.29, 0.717) is 0 Å². The van der Waals surface area contributed by atoms with Gasteiger partial charge in [0.15, 0.2) is 11.5 Å². The average Bonchev–Trinajstić information content (AvgIpc) is 2.29. The van der Waals surface area contributed by atoms with Crippen molar-refractivity contribution in [2.24, 2.45) is 0 Å². The molecule has 1 aromatic rings. The number of carbonyl (C=O) groups excluding carboxylic acids is 1. The van der Waals surface area contributed by atoms with E-state index in [2.05, 4.69) is 5.32 Å². The number of halogens is 2. The van der Waals surface area contributed by atoms with E-state index in [1.807, 2.05) is 0 Å². The van der Waals surface area contributed by atoms with Gasteiger partial charge in [0.1, 0.15) is 0 Å². The van der Waals surface area contributed by atoms with Gasteiger partial charge in [0.05, 0.1) is 6.10 Å². The Labute approximate surface area is 122 Å². The van der Waals surface area contributed by atoms with E-state index in [9.17, 15) is 13.6 Å². The number of ether oxygens (including phenoxy) is 2. The van der Waals surface area contributed by atoms with Crippen LogP contribution in [0.2, 0.25) is 0 Å². The number of rotatable bonds is 3. The molecule has 4 nitrogen and oxygen atoms in total. The van der Waals surface area contributed by atoms with E-state index >= 15 is 0 Å². The molecule has 0 radical (unpaired) electrons. The highest BCUT2D eigenvalue weighted by Crippen LogP contribution is 2.31. The molecule has 0 atom stereocenters. The summed E-state index contributed by atoms with van der Waals surface area (Å²) < 4.78 is 37.8. The van der Waals surface area contributed by atoms with Crippen molar-refractivity contribution < 1.29 is 23.0 Å². The van der Waals surface area contributed by atoms with Gasteiger partial charge in [-0.25, -0.2) is 4.79 Å². The number of hydrogen-bond donors (Lipinski definition) is 1. The Balaban J connectivity index is 2.07. The Kier molecular flexibility index (Phi) is 4.34. The number of benzene rings is 1. The summed E-state index contributed by atoms with van der Waals surface area (Å²) >= 11 is 0. The van der Waals surface area contributed by atoms with E-state index in [1.54, 1.807) is 20.8 Å². The Morgan fingerprint density at radius 1 is 1.19 bits per heavy atom. The Morgan fingerprint density at radius 3 is 2.29 bits per heavy atom. The first-order valence-corrected chi connectivity index (χ1v) is 6.91. The molecule has 21 heavy (non-hydrogen) atoms. The molecule has 2 rings (SSSR count). The van der Waals surface area contributed by atoms with Crippen molar-refractivity contribution in [1.29, 1.82) is 0 Å². The largest absolute Gasteiger partial charge is 0.487 e. The van der Waals surface area contributed by atoms with Crippen molar-refractivity contribution in [3.63, 3.8) is 0 Å². The van der Waals surface area contributed by atoms with Crippen LogP contribution in [0.25, 0.3) is 0 Å². The van der Waals surface area contributed by atoms with E-state index in [4.69, 9.17) is 9.47 Å². The van der Waals surface area contributed by atoms with Crippen LogP contribution in [0.4, 0.5) is 13.6 Å². The van der Waals surface area contributed by atoms with E-state index < -0.39 is 29.0 Å². The minimum atomic E-state index is -1.23. The molecule has 1 saturated carbocycles. The molecule has 0 heterocycles. The van der Waals surface area contributed by atoms with Crippen molar-refractivity contribution in [3.05, 3.63) is 23.8 Å². The Hall–Kier alpha value is -1.85. The summed E-state index contributed by atoms with van der Waals surface area (Å²) in [5.41, 5.74) is -0.528. The molecular formula is C15H19F2NO3. The number of nitrogens with one attached hydrogen (secondary N) is 1. The van der Waals surface area contributed by atoms with Crippen molar-refractivity contribution in [1.82, 2.24) is 5.32 Å². The highest BCUT2D eigenvalue weighted by Gasteiger charge is 2.24. The molecule has 1 aromatic carbocycles. The SMILES string of the molecule is CC(C)(C)NC(=O)Oc1ccc(OC2CCC2)c(F)c1F. The van der Waals surface area contributed by atoms with Gasteiger partial charge in [0.2, 0.25) is 11.6 Å². The van der Waals surface area contributed by atoms with Gasteiger partial charge >= 0.3 is 6.09 Å². The van der Waals surface area contributed by atoms with Gasteiger partial charge in [-0.2, -0.15) is 8.78 Å². The molecule has 1 fully saturated rings. The van der Waals surface area contributed by atoms with Crippen molar-refractivity contribution in [2.75, 3.05) is 0 Å². The van der Waals surface area contributed by atoms with Crippen LogP contribution in [-0.4, -0.2) is 17.7 Å². The van der Waals surface area contributed by atoms with Gasteiger partial charge in [0.25, 0.3) is 0 Å². The fraction of sp³-hybridized carbons (Fsp3) is 0.533. The van der Waals surface area contributed by atoms with E-state index in [0.717, 1.165) is 19.3 Å². The average molecular weight is 299 g/mol. The predicted octanol–water partition coefficient (Wildman–Crippen LogP) is 3.78. The Bertz CT molecular complexity index is 536. The number of amides is 1. The topological polar surface area (TPSA) is 47.6 Å². The Morgan fingerprint density at radius 2 is 1.76 bits per heavy atom. The zero-order chi connectivity index (χ0) is 15.6. The third kappa shape index (κ3) is 4.06. The van der Waals surface area contributed by atoms with Gasteiger partial charge in [0, 0.05) is 5.54 Å². The van der Waals surface area contributed by atoms with Gasteiger partial charge in [-0.05, 0) is 52.2 Å². The molecule has 1 aliphatic rings. The highest BCUT2D eigenvalue weighted by molar-refractivity contribution is 5.71. The lowest BCUT2D eigenvalue weighted by Crippen LogP contribution is -2.42. The maximum Gasteiger partial charge on any atom is 0.413 e. The van der Waals surface area contributed by atoms with Gasteiger partial charge in [-0.15, -0.1) is 0 Å². The minimum Gasteiger partial charge on any atom is -0.487 e. The second-order valence-electron chi connectivity index (χ2n) is 6.13. The minimum absolute atomic E-state index is 0.0603. The highest BCUT2D eigenvalue weighted by atomic mass is 19.2. The van der Waals surface area contributed by atoms with Crippen LogP contribution in [0, 0.1) is 11.6 Å². The normalized spacial score (nSPS) is 15.3. The monoisotopic (exact) mass is 299 g/mol. The quantitative estimate of drug-likeness (QED) is 0.924. The molecular weight excluding hydrogens is 280 g/mol. The standard InChI is InChI=1S/C15H19F2NO3/c1-15(2,3)18-14(19)21-11-8-7-10(12(16)13(11)17)20-9-5-4-6-9/h7-9H,4-6H2,1-3H3,(H,18,19). The van der Waals surface area contributed by atoms with E-state index in [-0.39, 0.29) is 11.9 Å². The first-order valence-electron chi connectivity index (χ1n) is 6.91. The fourth-order valence-corrected chi connectivity index (χ4v) is 1.78. The molecule has 0 aliphatic heterocycles.